The van der Waals surface area contributed by atoms with Crippen LogP contribution >= 0.6 is 47.8 Å². The van der Waals surface area contributed by atoms with Gasteiger partial charge >= 0.3 is 0 Å². The van der Waals surface area contributed by atoms with Gasteiger partial charge in [0.2, 0.25) is 0 Å². The van der Waals surface area contributed by atoms with Crippen molar-refractivity contribution in [2.24, 2.45) is 5.10 Å². The number of nitrogens with zero attached hydrogens (tertiary/aromatic N) is 3. The predicted molar refractivity (Wildman–Crippen MR) is 133 cm³/mol. The summed E-state index contributed by atoms with van der Waals surface area (Å²) in [7, 11) is 0. The van der Waals surface area contributed by atoms with Crippen molar-refractivity contribution in [2.75, 3.05) is 0 Å². The molecule has 0 spiro atoms. The van der Waals surface area contributed by atoms with Gasteiger partial charge in [-0.3, -0.25) is 4.79 Å². The highest BCUT2D eigenvalue weighted by Gasteiger charge is 2.15. The minimum absolute atomic E-state index is 0.0349. The van der Waals surface area contributed by atoms with Crippen LogP contribution in [-0.4, -0.2) is 22.0 Å². The van der Waals surface area contributed by atoms with E-state index in [-0.39, 0.29) is 17.6 Å². The summed E-state index contributed by atoms with van der Waals surface area (Å²) >= 11 is 10.6. The van der Waals surface area contributed by atoms with Crippen LogP contribution in [0.4, 0.5) is 0 Å². The molecular formula is C22H22Br3N3O2. The van der Waals surface area contributed by atoms with Gasteiger partial charge in [0.25, 0.3) is 5.56 Å². The number of hydrogen-bond acceptors (Lipinski definition) is 4. The molecule has 0 aliphatic rings. The van der Waals surface area contributed by atoms with E-state index in [1.807, 2.05) is 45.0 Å². The number of halogens is 3. The molecule has 3 aromatic rings. The van der Waals surface area contributed by atoms with E-state index in [1.54, 1.807) is 12.3 Å². The van der Waals surface area contributed by atoms with Crippen LogP contribution < -0.4 is 10.3 Å². The zero-order chi connectivity index (χ0) is 22.0. The average Bonchev–Trinajstić information content (AvgIpc) is 2.69. The largest absolute Gasteiger partial charge is 0.488 e. The van der Waals surface area contributed by atoms with Crippen LogP contribution in [0, 0.1) is 0 Å². The van der Waals surface area contributed by atoms with Crippen molar-refractivity contribution in [1.82, 2.24) is 9.66 Å². The first kappa shape index (κ1) is 23.2. The van der Waals surface area contributed by atoms with Crippen molar-refractivity contribution in [3.8, 4) is 5.75 Å². The van der Waals surface area contributed by atoms with Crippen LogP contribution in [-0.2, 0) is 0 Å². The second-order valence-electron chi connectivity index (χ2n) is 7.30. The summed E-state index contributed by atoms with van der Waals surface area (Å²) in [5.41, 5.74) is 1.28. The molecule has 0 saturated heterocycles. The zero-order valence-electron chi connectivity index (χ0n) is 17.1. The molecule has 1 heterocycles. The minimum Gasteiger partial charge on any atom is -0.488 e. The molecule has 3 rings (SSSR count). The molecule has 0 aliphatic carbocycles. The van der Waals surface area contributed by atoms with E-state index in [2.05, 4.69) is 64.8 Å². The summed E-state index contributed by atoms with van der Waals surface area (Å²) in [4.78, 5) is 17.8. The van der Waals surface area contributed by atoms with Crippen molar-refractivity contribution >= 4 is 64.9 Å². The zero-order valence-corrected chi connectivity index (χ0v) is 21.9. The fraction of sp³-hybridized carbons (Fsp3) is 0.318. The number of hydrogen-bond donors (Lipinski definition) is 0. The molecule has 30 heavy (non-hydrogen) atoms. The highest BCUT2D eigenvalue weighted by Crippen LogP contribution is 2.35. The van der Waals surface area contributed by atoms with Gasteiger partial charge in [-0.2, -0.15) is 9.78 Å². The second-order valence-corrected chi connectivity index (χ2v) is 9.92. The van der Waals surface area contributed by atoms with Crippen LogP contribution in [0.5, 0.6) is 5.75 Å². The normalized spacial score (nSPS) is 12.8. The summed E-state index contributed by atoms with van der Waals surface area (Å²) in [6.45, 7) is 8.09. The summed E-state index contributed by atoms with van der Waals surface area (Å²) in [6.07, 6.45) is 2.67. The van der Waals surface area contributed by atoms with E-state index < -0.39 is 0 Å². The number of rotatable bonds is 6. The van der Waals surface area contributed by atoms with Crippen LogP contribution in [0.1, 0.15) is 51.4 Å². The van der Waals surface area contributed by atoms with Gasteiger partial charge in [0.15, 0.2) is 0 Å². The maximum absolute atomic E-state index is 13.1. The van der Waals surface area contributed by atoms with E-state index >= 15 is 0 Å². The Bertz CT molecular complexity index is 1150. The lowest BCUT2D eigenvalue weighted by Gasteiger charge is -2.16. The quantitative estimate of drug-likeness (QED) is 0.291. The van der Waals surface area contributed by atoms with Gasteiger partial charge in [-0.1, -0.05) is 36.7 Å². The second kappa shape index (κ2) is 9.75. The molecule has 1 aromatic heterocycles. The Balaban J connectivity index is 2.06. The highest BCUT2D eigenvalue weighted by atomic mass is 79.9. The van der Waals surface area contributed by atoms with Crippen molar-refractivity contribution in [3.63, 3.8) is 0 Å². The first-order valence-corrected chi connectivity index (χ1v) is 12.0. The Morgan fingerprint density at radius 2 is 1.80 bits per heavy atom. The fourth-order valence-electron chi connectivity index (χ4n) is 2.83. The number of fused-ring (bicyclic) bond motifs is 1. The Labute approximate surface area is 200 Å². The molecule has 0 unspecified atom stereocenters. The molecule has 0 aliphatic heterocycles. The topological polar surface area (TPSA) is 56.5 Å². The Morgan fingerprint density at radius 3 is 2.40 bits per heavy atom. The molecule has 0 fully saturated rings. The van der Waals surface area contributed by atoms with Crippen LogP contribution in [0.25, 0.3) is 10.9 Å². The first-order chi connectivity index (χ1) is 14.2. The van der Waals surface area contributed by atoms with Gasteiger partial charge in [-0.15, -0.1) is 0 Å². The molecule has 1 atom stereocenters. The highest BCUT2D eigenvalue weighted by molar-refractivity contribution is 9.11. The smallest absolute Gasteiger partial charge is 0.282 e. The van der Waals surface area contributed by atoms with Crippen LogP contribution in [0.3, 0.4) is 0 Å². The van der Waals surface area contributed by atoms with Crippen molar-refractivity contribution in [1.29, 1.82) is 0 Å². The summed E-state index contributed by atoms with van der Waals surface area (Å²) in [6, 6.07) is 9.32. The summed E-state index contributed by atoms with van der Waals surface area (Å²) in [5, 5.41) is 5.00. The lowest BCUT2D eigenvalue weighted by Crippen LogP contribution is -2.23. The molecule has 8 heteroatoms. The molecule has 5 nitrogen and oxygen atoms in total. The van der Waals surface area contributed by atoms with E-state index in [0.29, 0.717) is 16.7 Å². The summed E-state index contributed by atoms with van der Waals surface area (Å²) in [5.74, 6) is 1.40. The standard InChI is InChI=1S/C22H22Br3N3O2/c1-5-13(4)30-20-17(24)8-14(9-18(20)25)11-26-28-21(12(2)3)27-19-7-6-15(23)10-16(19)22(28)29/h6-13H,5H2,1-4H3/t13-/m0/s1. The van der Waals surface area contributed by atoms with Crippen molar-refractivity contribution < 1.29 is 4.74 Å². The molecular weight excluding hydrogens is 578 g/mol. The molecule has 0 bridgehead atoms. The number of aromatic nitrogens is 2. The molecule has 0 radical (unpaired) electrons. The van der Waals surface area contributed by atoms with Gasteiger partial charge in [0.1, 0.15) is 11.6 Å². The molecule has 0 N–H and O–H groups in total. The van der Waals surface area contributed by atoms with Gasteiger partial charge in [0, 0.05) is 10.4 Å². The fourth-order valence-corrected chi connectivity index (χ4v) is 4.60. The SMILES string of the molecule is CC[C@H](C)Oc1c(Br)cc(C=Nn2c(C(C)C)nc3ccc(Br)cc3c2=O)cc1Br. The average molecular weight is 600 g/mol. The van der Waals surface area contributed by atoms with Crippen molar-refractivity contribution in [2.45, 2.75) is 46.1 Å². The molecule has 0 amide bonds. The van der Waals surface area contributed by atoms with Gasteiger partial charge in [-0.05, 0) is 81.1 Å². The van der Waals surface area contributed by atoms with Crippen molar-refractivity contribution in [3.05, 3.63) is 65.5 Å². The Kier molecular flexibility index (Phi) is 7.52. The first-order valence-electron chi connectivity index (χ1n) is 9.63. The maximum Gasteiger partial charge on any atom is 0.282 e. The van der Waals surface area contributed by atoms with Gasteiger partial charge in [-0.25, -0.2) is 4.98 Å². The molecule has 0 saturated carbocycles. The minimum atomic E-state index is -0.198. The Morgan fingerprint density at radius 1 is 1.13 bits per heavy atom. The molecule has 158 valence electrons. The van der Waals surface area contributed by atoms with E-state index in [1.165, 1.54) is 4.68 Å². The Hall–Kier alpha value is -1.51. The van der Waals surface area contributed by atoms with Crippen LogP contribution in [0.2, 0.25) is 0 Å². The van der Waals surface area contributed by atoms with E-state index in [4.69, 9.17) is 4.74 Å². The lowest BCUT2D eigenvalue weighted by atomic mass is 10.2. The van der Waals surface area contributed by atoms with E-state index in [0.717, 1.165) is 31.2 Å². The maximum atomic E-state index is 13.1. The third-order valence-electron chi connectivity index (χ3n) is 4.59. The van der Waals surface area contributed by atoms with E-state index in [9.17, 15) is 4.79 Å². The van der Waals surface area contributed by atoms with Gasteiger partial charge in [0.05, 0.1) is 32.2 Å². The third-order valence-corrected chi connectivity index (χ3v) is 6.26. The van der Waals surface area contributed by atoms with Gasteiger partial charge < -0.3 is 4.74 Å². The predicted octanol–water partition coefficient (Wildman–Crippen LogP) is 6.87. The third kappa shape index (κ3) is 5.03. The lowest BCUT2D eigenvalue weighted by molar-refractivity contribution is 0.214. The number of ether oxygens (including phenoxy) is 1. The number of benzene rings is 2. The summed E-state index contributed by atoms with van der Waals surface area (Å²) < 4.78 is 9.80. The molecule has 2 aromatic carbocycles. The monoisotopic (exact) mass is 597 g/mol. The van der Waals surface area contributed by atoms with Crippen LogP contribution in [0.15, 0.2) is 53.6 Å².